The van der Waals surface area contributed by atoms with E-state index < -0.39 is 0 Å². The monoisotopic (exact) mass is 240 g/mol. The molecule has 1 N–H and O–H groups in total. The Morgan fingerprint density at radius 1 is 1.56 bits per heavy atom. The maximum absolute atomic E-state index is 9.06. The van der Waals surface area contributed by atoms with Crippen molar-refractivity contribution in [1.29, 1.82) is 0 Å². The van der Waals surface area contributed by atoms with Crippen LogP contribution in [0.15, 0.2) is 6.20 Å². The molecule has 0 saturated heterocycles. The highest BCUT2D eigenvalue weighted by atomic mass is 32.1. The van der Waals surface area contributed by atoms with Gasteiger partial charge in [-0.05, 0) is 25.2 Å². The summed E-state index contributed by atoms with van der Waals surface area (Å²) in [6.45, 7) is 5.72. The van der Waals surface area contributed by atoms with Gasteiger partial charge in [-0.25, -0.2) is 4.98 Å². The zero-order valence-corrected chi connectivity index (χ0v) is 10.8. The summed E-state index contributed by atoms with van der Waals surface area (Å²) in [6.07, 6.45) is 5.60. The first kappa shape index (κ1) is 11.9. The minimum Gasteiger partial charge on any atom is -0.391 e. The molecule has 0 radical (unpaired) electrons. The van der Waals surface area contributed by atoms with E-state index in [0.717, 1.165) is 22.5 Å². The minimum absolute atomic E-state index is 0.111. The van der Waals surface area contributed by atoms with Gasteiger partial charge in [-0.15, -0.1) is 0 Å². The predicted molar refractivity (Wildman–Crippen MR) is 67.9 cm³/mol. The Bertz CT molecular complexity index is 334. The van der Waals surface area contributed by atoms with E-state index in [1.165, 1.54) is 19.3 Å². The molecule has 0 aromatic carbocycles. The molecule has 90 valence electrons. The molecule has 1 aromatic rings. The van der Waals surface area contributed by atoms with E-state index in [2.05, 4.69) is 23.7 Å². The van der Waals surface area contributed by atoms with Gasteiger partial charge >= 0.3 is 0 Å². The van der Waals surface area contributed by atoms with E-state index in [-0.39, 0.29) is 6.61 Å². The van der Waals surface area contributed by atoms with Crippen LogP contribution in [0.1, 0.15) is 38.0 Å². The van der Waals surface area contributed by atoms with Crippen LogP contribution in [-0.2, 0) is 6.61 Å². The molecule has 1 aromatic heterocycles. The zero-order valence-electron chi connectivity index (χ0n) is 10.0. The third kappa shape index (κ3) is 2.95. The van der Waals surface area contributed by atoms with Crippen LogP contribution in [0.2, 0.25) is 0 Å². The van der Waals surface area contributed by atoms with Crippen molar-refractivity contribution in [1.82, 2.24) is 4.98 Å². The van der Waals surface area contributed by atoms with Gasteiger partial charge in [0.2, 0.25) is 0 Å². The molecule has 4 heteroatoms. The highest BCUT2D eigenvalue weighted by Gasteiger charge is 2.30. The Morgan fingerprint density at radius 2 is 2.31 bits per heavy atom. The standard InChI is InChI=1S/C12H20N2OS/c1-9(2)5-6-14(10-3-4-10)12-13-7-11(8-15)16-12/h7,9-10,15H,3-6,8H2,1-2H3. The second kappa shape index (κ2) is 5.15. The number of aliphatic hydroxyl groups excluding tert-OH is 1. The number of hydrogen-bond acceptors (Lipinski definition) is 4. The Hall–Kier alpha value is -0.610. The molecule has 0 spiro atoms. The van der Waals surface area contributed by atoms with Gasteiger partial charge in [0.1, 0.15) is 0 Å². The fourth-order valence-electron chi connectivity index (χ4n) is 1.72. The predicted octanol–water partition coefficient (Wildman–Crippen LogP) is 2.65. The number of anilines is 1. The smallest absolute Gasteiger partial charge is 0.185 e. The fourth-order valence-corrected chi connectivity index (χ4v) is 2.59. The minimum atomic E-state index is 0.111. The van der Waals surface area contributed by atoms with Crippen LogP contribution in [0.5, 0.6) is 0 Å². The third-order valence-corrected chi connectivity index (χ3v) is 3.90. The van der Waals surface area contributed by atoms with Crippen molar-refractivity contribution in [3.05, 3.63) is 11.1 Å². The van der Waals surface area contributed by atoms with Crippen molar-refractivity contribution in [2.45, 2.75) is 45.8 Å². The summed E-state index contributed by atoms with van der Waals surface area (Å²) in [7, 11) is 0. The van der Waals surface area contributed by atoms with Crippen molar-refractivity contribution in [3.8, 4) is 0 Å². The Labute approximate surface area is 101 Å². The molecular weight excluding hydrogens is 220 g/mol. The van der Waals surface area contributed by atoms with E-state index in [1.54, 1.807) is 17.5 Å². The van der Waals surface area contributed by atoms with Crippen molar-refractivity contribution >= 4 is 16.5 Å². The first-order chi connectivity index (χ1) is 7.70. The third-order valence-electron chi connectivity index (χ3n) is 2.88. The molecule has 3 nitrogen and oxygen atoms in total. The Morgan fingerprint density at radius 3 is 2.81 bits per heavy atom. The first-order valence-corrected chi connectivity index (χ1v) is 6.84. The lowest BCUT2D eigenvalue weighted by Crippen LogP contribution is -2.27. The van der Waals surface area contributed by atoms with E-state index in [4.69, 9.17) is 5.11 Å². The van der Waals surface area contributed by atoms with Crippen molar-refractivity contribution in [2.75, 3.05) is 11.4 Å². The molecule has 16 heavy (non-hydrogen) atoms. The summed E-state index contributed by atoms with van der Waals surface area (Å²) >= 11 is 1.63. The van der Waals surface area contributed by atoms with Crippen molar-refractivity contribution in [2.24, 2.45) is 5.92 Å². The van der Waals surface area contributed by atoms with Crippen LogP contribution in [-0.4, -0.2) is 22.7 Å². The number of rotatable bonds is 6. The van der Waals surface area contributed by atoms with Crippen LogP contribution in [0.25, 0.3) is 0 Å². The average Bonchev–Trinajstić information content (AvgIpc) is 2.96. The van der Waals surface area contributed by atoms with E-state index in [0.29, 0.717) is 6.04 Å². The molecule has 1 aliphatic rings. The Balaban J connectivity index is 2.00. The van der Waals surface area contributed by atoms with Gasteiger partial charge in [0.25, 0.3) is 0 Å². The van der Waals surface area contributed by atoms with Crippen LogP contribution in [0.3, 0.4) is 0 Å². The van der Waals surface area contributed by atoms with E-state index in [9.17, 15) is 0 Å². The molecule has 1 fully saturated rings. The highest BCUT2D eigenvalue weighted by Crippen LogP contribution is 2.34. The summed E-state index contributed by atoms with van der Waals surface area (Å²) in [5.41, 5.74) is 0. The lowest BCUT2D eigenvalue weighted by atomic mass is 10.1. The second-order valence-corrected chi connectivity index (χ2v) is 5.97. The number of nitrogens with zero attached hydrogens (tertiary/aromatic N) is 2. The van der Waals surface area contributed by atoms with Gasteiger partial charge in [0.05, 0.1) is 11.5 Å². The first-order valence-electron chi connectivity index (χ1n) is 6.03. The summed E-state index contributed by atoms with van der Waals surface area (Å²) < 4.78 is 0. The molecule has 0 amide bonds. The van der Waals surface area contributed by atoms with Gasteiger partial charge in [0, 0.05) is 18.8 Å². The molecule has 1 aliphatic carbocycles. The molecule has 0 bridgehead atoms. The zero-order chi connectivity index (χ0) is 11.5. The van der Waals surface area contributed by atoms with Crippen molar-refractivity contribution in [3.63, 3.8) is 0 Å². The topological polar surface area (TPSA) is 36.4 Å². The van der Waals surface area contributed by atoms with Crippen LogP contribution < -0.4 is 4.90 Å². The van der Waals surface area contributed by atoms with Gasteiger partial charge in [-0.3, -0.25) is 0 Å². The maximum Gasteiger partial charge on any atom is 0.185 e. The molecule has 1 heterocycles. The summed E-state index contributed by atoms with van der Waals surface area (Å²) in [6, 6.07) is 0.705. The molecule has 0 atom stereocenters. The highest BCUT2D eigenvalue weighted by molar-refractivity contribution is 7.15. The fraction of sp³-hybridized carbons (Fsp3) is 0.750. The van der Waals surface area contributed by atoms with Crippen LogP contribution in [0.4, 0.5) is 5.13 Å². The summed E-state index contributed by atoms with van der Waals surface area (Å²) in [5.74, 6) is 0.735. The van der Waals surface area contributed by atoms with Gasteiger partial charge < -0.3 is 10.0 Å². The SMILES string of the molecule is CC(C)CCN(c1ncc(CO)s1)C1CC1. The number of hydrogen-bond donors (Lipinski definition) is 1. The lowest BCUT2D eigenvalue weighted by molar-refractivity contribution is 0.285. The largest absolute Gasteiger partial charge is 0.391 e. The summed E-state index contributed by atoms with van der Waals surface area (Å²) in [4.78, 5) is 7.79. The average molecular weight is 240 g/mol. The maximum atomic E-state index is 9.06. The van der Waals surface area contributed by atoms with E-state index >= 15 is 0 Å². The number of aliphatic hydroxyl groups is 1. The van der Waals surface area contributed by atoms with Crippen molar-refractivity contribution < 1.29 is 5.11 Å². The molecular formula is C12H20N2OS. The molecule has 2 rings (SSSR count). The second-order valence-electron chi connectivity index (χ2n) is 4.87. The summed E-state index contributed by atoms with van der Waals surface area (Å²) in [5, 5.41) is 10.1. The molecule has 1 saturated carbocycles. The number of aromatic nitrogens is 1. The van der Waals surface area contributed by atoms with Gasteiger partial charge in [0.15, 0.2) is 5.13 Å². The molecule has 0 aliphatic heterocycles. The normalized spacial score (nSPS) is 15.8. The lowest BCUT2D eigenvalue weighted by Gasteiger charge is -2.22. The van der Waals surface area contributed by atoms with Crippen LogP contribution >= 0.6 is 11.3 Å². The quantitative estimate of drug-likeness (QED) is 0.830. The van der Waals surface area contributed by atoms with Gasteiger partial charge in [-0.1, -0.05) is 25.2 Å². The number of thiazole rings is 1. The Kier molecular flexibility index (Phi) is 3.82. The van der Waals surface area contributed by atoms with E-state index in [1.807, 2.05) is 0 Å². The van der Waals surface area contributed by atoms with Gasteiger partial charge in [-0.2, -0.15) is 0 Å². The van der Waals surface area contributed by atoms with Crippen LogP contribution in [0, 0.1) is 5.92 Å². The molecule has 0 unspecified atom stereocenters.